The van der Waals surface area contributed by atoms with Crippen LogP contribution in [0.15, 0.2) is 84.1 Å². The zero-order valence-corrected chi connectivity index (χ0v) is 20.5. The van der Waals surface area contributed by atoms with Crippen molar-refractivity contribution in [3.63, 3.8) is 0 Å². The molecule has 38 heavy (non-hydrogen) atoms. The van der Waals surface area contributed by atoms with Crippen LogP contribution in [0.4, 0.5) is 11.4 Å². The van der Waals surface area contributed by atoms with Gasteiger partial charge in [0.05, 0.1) is 18.4 Å². The molecule has 4 aliphatic heterocycles. The Bertz CT molecular complexity index is 1470. The number of hydrogen-bond acceptors (Lipinski definition) is 9. The van der Waals surface area contributed by atoms with E-state index in [9.17, 15) is 9.59 Å². The Labute approximate surface area is 218 Å². The quantitative estimate of drug-likeness (QED) is 0.512. The van der Waals surface area contributed by atoms with E-state index in [0.29, 0.717) is 34.1 Å². The average Bonchev–Trinajstić information content (AvgIpc) is 3.66. The van der Waals surface area contributed by atoms with E-state index in [0.717, 1.165) is 11.4 Å². The highest BCUT2D eigenvalue weighted by molar-refractivity contribution is 5.99. The lowest BCUT2D eigenvalue weighted by atomic mass is 9.70. The molecule has 4 heterocycles. The summed E-state index contributed by atoms with van der Waals surface area (Å²) < 4.78 is 28.3. The van der Waals surface area contributed by atoms with Crippen LogP contribution in [0.3, 0.4) is 0 Å². The van der Waals surface area contributed by atoms with Gasteiger partial charge in [0.1, 0.15) is 19.1 Å². The number of carbonyl (C=O) groups excluding carboxylic acids is 2. The molecule has 9 heteroatoms. The van der Waals surface area contributed by atoms with Gasteiger partial charge in [-0.1, -0.05) is 36.4 Å². The number of esters is 2. The first-order valence-corrected chi connectivity index (χ1v) is 12.3. The van der Waals surface area contributed by atoms with Gasteiger partial charge in [-0.3, -0.25) is 4.79 Å². The summed E-state index contributed by atoms with van der Waals surface area (Å²) in [5.41, 5.74) is 2.35. The molecule has 192 valence electrons. The van der Waals surface area contributed by atoms with Gasteiger partial charge in [-0.25, -0.2) is 4.79 Å². The minimum atomic E-state index is -1.05. The zero-order valence-electron chi connectivity index (χ0n) is 20.5. The monoisotopic (exact) mass is 512 g/mol. The van der Waals surface area contributed by atoms with Crippen LogP contribution in [0.1, 0.15) is 11.5 Å². The van der Waals surface area contributed by atoms with Crippen LogP contribution in [-0.2, 0) is 19.1 Å². The Balaban J connectivity index is 1.50. The van der Waals surface area contributed by atoms with E-state index in [4.69, 9.17) is 23.7 Å². The van der Waals surface area contributed by atoms with Gasteiger partial charge in [0.25, 0.3) is 0 Å². The van der Waals surface area contributed by atoms with Gasteiger partial charge in [-0.2, -0.15) is 0 Å². The highest BCUT2D eigenvalue weighted by Gasteiger charge is 2.65. The van der Waals surface area contributed by atoms with Crippen molar-refractivity contribution in [1.82, 2.24) is 0 Å². The van der Waals surface area contributed by atoms with E-state index in [-0.39, 0.29) is 20.0 Å². The van der Waals surface area contributed by atoms with E-state index in [1.54, 1.807) is 13.2 Å². The number of cyclic esters (lactones) is 2. The molecule has 0 saturated carbocycles. The van der Waals surface area contributed by atoms with Gasteiger partial charge in [0, 0.05) is 17.3 Å². The molecule has 3 aromatic carbocycles. The van der Waals surface area contributed by atoms with Crippen molar-refractivity contribution < 1.29 is 33.3 Å². The molecule has 4 aliphatic rings. The Hall–Kier alpha value is -4.66. The number of nitrogens with one attached hydrogen (secondary N) is 1. The van der Waals surface area contributed by atoms with Crippen molar-refractivity contribution in [3.8, 4) is 17.2 Å². The summed E-state index contributed by atoms with van der Waals surface area (Å²) in [4.78, 5) is 29.1. The average molecular weight is 513 g/mol. The number of rotatable bonds is 5. The fourth-order valence-electron chi connectivity index (χ4n) is 6.07. The molecule has 0 spiro atoms. The van der Waals surface area contributed by atoms with Crippen molar-refractivity contribution in [2.75, 3.05) is 37.3 Å². The van der Waals surface area contributed by atoms with Crippen molar-refractivity contribution in [3.05, 3.63) is 89.6 Å². The molecule has 3 aromatic rings. The minimum absolute atomic E-state index is 0.0581. The number of para-hydroxylation sites is 2. The van der Waals surface area contributed by atoms with E-state index in [1.165, 1.54) is 0 Å². The molecular formula is C29H24N2O7. The second-order valence-corrected chi connectivity index (χ2v) is 9.54. The molecule has 0 radical (unpaired) electrons. The van der Waals surface area contributed by atoms with Crippen LogP contribution in [0, 0.1) is 5.92 Å². The molecular weight excluding hydrogens is 488 g/mol. The summed E-state index contributed by atoms with van der Waals surface area (Å²) in [6, 6.07) is 22.9. The molecule has 1 N–H and O–H groups in total. The second kappa shape index (κ2) is 8.44. The summed E-state index contributed by atoms with van der Waals surface area (Å²) in [5, 5.41) is 3.64. The third-order valence-electron chi connectivity index (χ3n) is 7.58. The molecule has 3 atom stereocenters. The Morgan fingerprint density at radius 1 is 0.947 bits per heavy atom. The summed E-state index contributed by atoms with van der Waals surface area (Å²) >= 11 is 0. The predicted octanol–water partition coefficient (Wildman–Crippen LogP) is 3.82. The Kier molecular flexibility index (Phi) is 5.01. The van der Waals surface area contributed by atoms with Gasteiger partial charge < -0.3 is 33.9 Å². The first-order valence-electron chi connectivity index (χ1n) is 12.3. The highest BCUT2D eigenvalue weighted by atomic mass is 16.7. The lowest BCUT2D eigenvalue weighted by Gasteiger charge is -2.50. The van der Waals surface area contributed by atoms with Gasteiger partial charge >= 0.3 is 11.9 Å². The fraction of sp³-hybridized carbons (Fsp3) is 0.241. The van der Waals surface area contributed by atoms with Crippen LogP contribution in [0.2, 0.25) is 0 Å². The van der Waals surface area contributed by atoms with E-state index >= 15 is 0 Å². The Morgan fingerprint density at radius 3 is 2.47 bits per heavy atom. The molecule has 0 aliphatic carbocycles. The standard InChI is InChI=1S/C29H24N2O7/c1-34-21-12-17(13-22-26(21)38-16-37-22)23-24-20(14-35-27(24)32)31(19-10-6-3-7-11-19)29(15-36-28(33)25(23)29)30-18-8-4-2-5-9-18/h2-13,23,25,30H,14-16H2,1H3/t23-,25+,29-/m0/s1. The van der Waals surface area contributed by atoms with E-state index in [1.807, 2.05) is 71.6 Å². The summed E-state index contributed by atoms with van der Waals surface area (Å²) in [6.07, 6.45) is 0. The van der Waals surface area contributed by atoms with Crippen LogP contribution < -0.4 is 24.4 Å². The van der Waals surface area contributed by atoms with Gasteiger partial charge in [-0.15, -0.1) is 0 Å². The third-order valence-corrected chi connectivity index (χ3v) is 7.58. The smallest absolute Gasteiger partial charge is 0.336 e. The van der Waals surface area contributed by atoms with E-state index < -0.39 is 29.4 Å². The fourth-order valence-corrected chi connectivity index (χ4v) is 6.07. The maximum Gasteiger partial charge on any atom is 0.336 e. The number of hydrogen-bond donors (Lipinski definition) is 1. The number of methoxy groups -OCH3 is 1. The molecule has 1 fully saturated rings. The summed E-state index contributed by atoms with van der Waals surface area (Å²) in [5.74, 6) is -0.929. The van der Waals surface area contributed by atoms with Gasteiger partial charge in [0.15, 0.2) is 17.2 Å². The minimum Gasteiger partial charge on any atom is -0.493 e. The van der Waals surface area contributed by atoms with Crippen molar-refractivity contribution in [2.45, 2.75) is 11.6 Å². The molecule has 0 unspecified atom stereocenters. The molecule has 7 rings (SSSR count). The Morgan fingerprint density at radius 2 is 1.71 bits per heavy atom. The first kappa shape index (κ1) is 22.5. The highest BCUT2D eigenvalue weighted by Crippen LogP contribution is 2.56. The van der Waals surface area contributed by atoms with Crippen LogP contribution in [0.25, 0.3) is 0 Å². The topological polar surface area (TPSA) is 95.6 Å². The number of benzene rings is 3. The normalized spacial score (nSPS) is 25.0. The maximum atomic E-state index is 13.7. The maximum absolute atomic E-state index is 13.7. The van der Waals surface area contributed by atoms with Crippen molar-refractivity contribution in [2.24, 2.45) is 5.92 Å². The number of carbonyl (C=O) groups is 2. The number of ether oxygens (including phenoxy) is 5. The molecule has 1 saturated heterocycles. The van der Waals surface area contributed by atoms with Crippen molar-refractivity contribution >= 4 is 23.3 Å². The largest absolute Gasteiger partial charge is 0.493 e. The van der Waals surface area contributed by atoms with Crippen LogP contribution >= 0.6 is 0 Å². The number of nitrogens with zero attached hydrogens (tertiary/aromatic N) is 1. The van der Waals surface area contributed by atoms with Crippen LogP contribution in [0.5, 0.6) is 17.2 Å². The van der Waals surface area contributed by atoms with Crippen molar-refractivity contribution in [1.29, 1.82) is 0 Å². The van der Waals surface area contributed by atoms with Crippen LogP contribution in [-0.4, -0.2) is 44.7 Å². The summed E-state index contributed by atoms with van der Waals surface area (Å²) in [6.45, 7) is 0.187. The number of fused-ring (bicyclic) bond motifs is 2. The lowest BCUT2D eigenvalue weighted by molar-refractivity contribution is -0.141. The first-order chi connectivity index (χ1) is 18.6. The van der Waals surface area contributed by atoms with Gasteiger partial charge in [0.2, 0.25) is 12.5 Å². The molecule has 9 nitrogen and oxygen atoms in total. The summed E-state index contributed by atoms with van der Waals surface area (Å²) in [7, 11) is 1.54. The molecule has 0 amide bonds. The lowest BCUT2D eigenvalue weighted by Crippen LogP contribution is -2.64. The third kappa shape index (κ3) is 3.17. The van der Waals surface area contributed by atoms with Gasteiger partial charge in [-0.05, 0) is 42.0 Å². The SMILES string of the molecule is COc1cc([C@H]2C3=C(COC3=O)N(c3ccccc3)[C@@]3(Nc4ccccc4)COC(=O)[C@@H]23)cc2c1OCO2. The zero-order chi connectivity index (χ0) is 25.9. The molecule has 0 bridgehead atoms. The second-order valence-electron chi connectivity index (χ2n) is 9.54. The number of anilines is 2. The predicted molar refractivity (Wildman–Crippen MR) is 136 cm³/mol. The molecule has 0 aromatic heterocycles. The van der Waals surface area contributed by atoms with E-state index in [2.05, 4.69) is 5.32 Å².